The maximum atomic E-state index is 12.9. The lowest BCUT2D eigenvalue weighted by Gasteiger charge is -1.97. The van der Waals surface area contributed by atoms with Crippen molar-refractivity contribution in [2.75, 3.05) is 13.6 Å². The first-order valence-corrected chi connectivity index (χ1v) is 4.30. The molecule has 1 rings (SSSR count). The van der Waals surface area contributed by atoms with E-state index in [1.165, 1.54) is 12.1 Å². The number of rotatable bonds is 2. The summed E-state index contributed by atoms with van der Waals surface area (Å²) in [7, 11) is 1.79. The van der Waals surface area contributed by atoms with Gasteiger partial charge in [0.2, 0.25) is 0 Å². The molecule has 1 aromatic rings. The van der Waals surface area contributed by atoms with E-state index in [0.29, 0.717) is 17.7 Å². The van der Waals surface area contributed by atoms with Crippen molar-refractivity contribution in [3.8, 4) is 11.8 Å². The minimum Gasteiger partial charge on any atom is -0.392 e. The largest absolute Gasteiger partial charge is 0.392 e. The van der Waals surface area contributed by atoms with E-state index in [4.69, 9.17) is 5.11 Å². The molecule has 0 saturated carbocycles. The molecule has 0 saturated heterocycles. The predicted octanol–water partition coefficient (Wildman–Crippen LogP) is 0.889. The highest BCUT2D eigenvalue weighted by Gasteiger charge is 1.97. The molecule has 0 radical (unpaired) electrons. The summed E-state index contributed by atoms with van der Waals surface area (Å²) in [4.78, 5) is 0. The molecule has 0 atom stereocenters. The first kappa shape index (κ1) is 10.7. The van der Waals surface area contributed by atoms with Crippen LogP contribution in [0.2, 0.25) is 0 Å². The van der Waals surface area contributed by atoms with Crippen LogP contribution in [0.3, 0.4) is 0 Å². The Bertz CT molecular complexity index is 365. The number of halogens is 1. The summed E-state index contributed by atoms with van der Waals surface area (Å²) in [5, 5.41) is 11.7. The van der Waals surface area contributed by atoms with Crippen molar-refractivity contribution in [2.24, 2.45) is 0 Å². The van der Waals surface area contributed by atoms with Gasteiger partial charge in [-0.3, -0.25) is 0 Å². The van der Waals surface area contributed by atoms with E-state index in [-0.39, 0.29) is 12.4 Å². The first-order chi connectivity index (χ1) is 6.76. The van der Waals surface area contributed by atoms with Crippen LogP contribution in [-0.2, 0) is 6.61 Å². The molecule has 0 aliphatic heterocycles. The molecule has 2 N–H and O–H groups in total. The summed E-state index contributed by atoms with van der Waals surface area (Å²) in [5.74, 6) is 5.25. The van der Waals surface area contributed by atoms with Crippen molar-refractivity contribution in [1.82, 2.24) is 5.32 Å². The van der Waals surface area contributed by atoms with E-state index in [1.54, 1.807) is 13.1 Å². The lowest BCUT2D eigenvalue weighted by atomic mass is 10.1. The van der Waals surface area contributed by atoms with Crippen LogP contribution < -0.4 is 5.32 Å². The van der Waals surface area contributed by atoms with Gasteiger partial charge in [-0.25, -0.2) is 4.39 Å². The summed E-state index contributed by atoms with van der Waals surface area (Å²) in [5.41, 5.74) is 1.13. The Hall–Kier alpha value is -1.37. The second-order valence-corrected chi connectivity index (χ2v) is 2.84. The second kappa shape index (κ2) is 5.38. The molecule has 74 valence electrons. The van der Waals surface area contributed by atoms with Crippen LogP contribution in [0, 0.1) is 17.7 Å². The standard InChI is InChI=1S/C11H12FNO/c1-13-4-2-3-9-5-10(8-14)7-11(12)6-9/h5-7,13-14H,4,8H2,1H3. The van der Waals surface area contributed by atoms with E-state index in [2.05, 4.69) is 17.2 Å². The van der Waals surface area contributed by atoms with E-state index in [1.807, 2.05) is 0 Å². The van der Waals surface area contributed by atoms with Crippen LogP contribution in [0.5, 0.6) is 0 Å². The number of hydrogen-bond acceptors (Lipinski definition) is 2. The van der Waals surface area contributed by atoms with E-state index >= 15 is 0 Å². The van der Waals surface area contributed by atoms with Gasteiger partial charge in [-0.2, -0.15) is 0 Å². The van der Waals surface area contributed by atoms with Crippen molar-refractivity contribution >= 4 is 0 Å². The zero-order chi connectivity index (χ0) is 10.4. The highest BCUT2D eigenvalue weighted by molar-refractivity contribution is 5.37. The highest BCUT2D eigenvalue weighted by Crippen LogP contribution is 2.07. The zero-order valence-corrected chi connectivity index (χ0v) is 7.97. The van der Waals surface area contributed by atoms with Gasteiger partial charge < -0.3 is 10.4 Å². The fourth-order valence-electron chi connectivity index (χ4n) is 1.05. The molecule has 0 aliphatic rings. The average Bonchev–Trinajstić information content (AvgIpc) is 2.17. The molecule has 0 aliphatic carbocycles. The first-order valence-electron chi connectivity index (χ1n) is 4.30. The molecule has 0 bridgehead atoms. The van der Waals surface area contributed by atoms with E-state index < -0.39 is 0 Å². The topological polar surface area (TPSA) is 32.3 Å². The SMILES string of the molecule is CNCC#Cc1cc(F)cc(CO)c1. The van der Waals surface area contributed by atoms with E-state index in [9.17, 15) is 4.39 Å². The van der Waals surface area contributed by atoms with Gasteiger partial charge in [0.05, 0.1) is 13.2 Å². The van der Waals surface area contributed by atoms with Crippen LogP contribution in [0.15, 0.2) is 18.2 Å². The maximum absolute atomic E-state index is 12.9. The maximum Gasteiger partial charge on any atom is 0.124 e. The predicted molar refractivity (Wildman–Crippen MR) is 53.1 cm³/mol. The van der Waals surface area contributed by atoms with Gasteiger partial charge >= 0.3 is 0 Å². The molecule has 0 amide bonds. The molecule has 3 heteroatoms. The lowest BCUT2D eigenvalue weighted by molar-refractivity contribution is 0.281. The third kappa shape index (κ3) is 3.17. The molecule has 0 unspecified atom stereocenters. The molecule has 0 spiro atoms. The number of aliphatic hydroxyl groups is 1. The summed E-state index contributed by atoms with van der Waals surface area (Å²) in [6.45, 7) is 0.392. The van der Waals surface area contributed by atoms with Crippen molar-refractivity contribution < 1.29 is 9.50 Å². The molecule has 0 fully saturated rings. The third-order valence-electron chi connectivity index (χ3n) is 1.64. The molecule has 1 aromatic carbocycles. The molecule has 0 aromatic heterocycles. The fraction of sp³-hybridized carbons (Fsp3) is 0.273. The number of benzene rings is 1. The van der Waals surface area contributed by atoms with Gasteiger partial charge in [0.1, 0.15) is 5.82 Å². The fourth-order valence-corrected chi connectivity index (χ4v) is 1.05. The van der Waals surface area contributed by atoms with Gasteiger partial charge in [-0.15, -0.1) is 0 Å². The summed E-state index contributed by atoms with van der Waals surface area (Å²) in [6, 6.07) is 4.32. The van der Waals surface area contributed by atoms with Crippen molar-refractivity contribution in [3.05, 3.63) is 35.1 Å². The second-order valence-electron chi connectivity index (χ2n) is 2.84. The summed E-state index contributed by atoms with van der Waals surface area (Å²) < 4.78 is 12.9. The van der Waals surface area contributed by atoms with Crippen molar-refractivity contribution in [3.63, 3.8) is 0 Å². The number of hydrogen-bond donors (Lipinski definition) is 2. The highest BCUT2D eigenvalue weighted by atomic mass is 19.1. The van der Waals surface area contributed by atoms with E-state index in [0.717, 1.165) is 0 Å². The Balaban J connectivity index is 2.88. The molecular formula is C11H12FNO. The third-order valence-corrected chi connectivity index (χ3v) is 1.64. The summed E-state index contributed by atoms with van der Waals surface area (Å²) >= 11 is 0. The Morgan fingerprint density at radius 2 is 2.21 bits per heavy atom. The Morgan fingerprint density at radius 3 is 2.86 bits per heavy atom. The summed E-state index contributed by atoms with van der Waals surface area (Å²) in [6.07, 6.45) is 0. The van der Waals surface area contributed by atoms with Crippen molar-refractivity contribution in [1.29, 1.82) is 0 Å². The molecular weight excluding hydrogens is 181 g/mol. The van der Waals surface area contributed by atoms with Gasteiger partial charge in [-0.1, -0.05) is 11.8 Å². The average molecular weight is 193 g/mol. The monoisotopic (exact) mass is 193 g/mol. The van der Waals surface area contributed by atoms with Gasteiger partial charge in [0.25, 0.3) is 0 Å². The number of aliphatic hydroxyl groups excluding tert-OH is 1. The molecule has 0 heterocycles. The Morgan fingerprint density at radius 1 is 1.43 bits per heavy atom. The van der Waals surface area contributed by atoms with Crippen LogP contribution in [0.1, 0.15) is 11.1 Å². The quantitative estimate of drug-likeness (QED) is 0.684. The van der Waals surface area contributed by atoms with Crippen LogP contribution in [-0.4, -0.2) is 18.7 Å². The van der Waals surface area contributed by atoms with Crippen molar-refractivity contribution in [2.45, 2.75) is 6.61 Å². The minimum absolute atomic E-state index is 0.168. The van der Waals surface area contributed by atoms with Gasteiger partial charge in [0.15, 0.2) is 0 Å². The van der Waals surface area contributed by atoms with Crippen LogP contribution in [0.25, 0.3) is 0 Å². The normalized spacial score (nSPS) is 9.36. The van der Waals surface area contributed by atoms with Crippen LogP contribution >= 0.6 is 0 Å². The zero-order valence-electron chi connectivity index (χ0n) is 7.97. The Kier molecular flexibility index (Phi) is 4.11. The van der Waals surface area contributed by atoms with Crippen LogP contribution in [0.4, 0.5) is 4.39 Å². The lowest BCUT2D eigenvalue weighted by Crippen LogP contribution is -2.04. The Labute approximate surface area is 82.8 Å². The molecule has 14 heavy (non-hydrogen) atoms. The minimum atomic E-state index is -0.370. The van der Waals surface area contributed by atoms with Gasteiger partial charge in [0, 0.05) is 5.56 Å². The molecule has 2 nitrogen and oxygen atoms in total. The smallest absolute Gasteiger partial charge is 0.124 e. The van der Waals surface area contributed by atoms with Gasteiger partial charge in [-0.05, 0) is 30.8 Å². The number of nitrogens with one attached hydrogen (secondary N) is 1.